The van der Waals surface area contributed by atoms with Gasteiger partial charge in [0.2, 0.25) is 5.91 Å². The number of nitrogens with one attached hydrogen (secondary N) is 1. The van der Waals surface area contributed by atoms with E-state index in [1.807, 2.05) is 0 Å². The number of piperidine rings is 1. The topological polar surface area (TPSA) is 69.7 Å². The lowest BCUT2D eigenvalue weighted by Crippen LogP contribution is -2.49. The molecule has 1 saturated heterocycles. The van der Waals surface area contributed by atoms with E-state index in [-0.39, 0.29) is 23.1 Å². The van der Waals surface area contributed by atoms with E-state index in [2.05, 4.69) is 26.1 Å². The molecule has 6 nitrogen and oxygen atoms in total. The molecule has 1 aliphatic heterocycles. The van der Waals surface area contributed by atoms with Gasteiger partial charge in [-0.05, 0) is 12.8 Å². The maximum Gasteiger partial charge on any atom is 0.281 e. The van der Waals surface area contributed by atoms with Crippen molar-refractivity contribution in [2.24, 2.45) is 5.92 Å². The molecule has 1 rings (SSSR count). The second-order valence-corrected chi connectivity index (χ2v) is 10.8. The second-order valence-electron chi connectivity index (χ2n) is 6.74. The van der Waals surface area contributed by atoms with Crippen molar-refractivity contribution in [1.82, 2.24) is 13.9 Å². The van der Waals surface area contributed by atoms with Crippen LogP contribution in [0.5, 0.6) is 0 Å². The van der Waals surface area contributed by atoms with Crippen molar-refractivity contribution in [3.05, 3.63) is 0 Å². The molecule has 8 heteroatoms. The molecule has 0 aromatic carbocycles. The summed E-state index contributed by atoms with van der Waals surface area (Å²) in [5.41, 5.74) is 0. The van der Waals surface area contributed by atoms with Gasteiger partial charge in [-0.3, -0.25) is 4.79 Å². The summed E-state index contributed by atoms with van der Waals surface area (Å²) in [5, 5.41) is 2.93. The number of hydrogen-bond acceptors (Lipinski definition) is 4. The summed E-state index contributed by atoms with van der Waals surface area (Å²) in [6.07, 6.45) is 1.47. The van der Waals surface area contributed by atoms with Gasteiger partial charge in [-0.15, -0.1) is 0 Å². The van der Waals surface area contributed by atoms with Crippen molar-refractivity contribution in [3.63, 3.8) is 0 Å². The van der Waals surface area contributed by atoms with Crippen LogP contribution in [-0.2, 0) is 15.0 Å². The molecule has 0 bridgehead atoms. The number of amides is 1. The molecule has 1 aliphatic rings. The molecule has 0 aromatic rings. The molecule has 0 unspecified atom stereocenters. The monoisotopic (exact) mass is 351 g/mol. The normalized spacial score (nSPS) is 21.1. The van der Waals surface area contributed by atoms with Crippen molar-refractivity contribution in [1.29, 1.82) is 0 Å². The van der Waals surface area contributed by atoms with E-state index in [0.29, 0.717) is 13.1 Å². The van der Waals surface area contributed by atoms with E-state index >= 15 is 0 Å². The molecule has 0 radical (unpaired) electrons. The lowest BCUT2D eigenvalue weighted by atomic mass is 9.99. The van der Waals surface area contributed by atoms with Gasteiger partial charge in [-0.25, -0.2) is 0 Å². The quantitative estimate of drug-likeness (QED) is 0.729. The van der Waals surface area contributed by atoms with Crippen LogP contribution in [0.2, 0.25) is 0 Å². The van der Waals surface area contributed by atoms with Crippen LogP contribution in [-0.4, -0.2) is 67.2 Å². The van der Waals surface area contributed by atoms with Gasteiger partial charge in [0.25, 0.3) is 10.2 Å². The first-order valence-corrected chi connectivity index (χ1v) is 10.0. The van der Waals surface area contributed by atoms with E-state index in [9.17, 15) is 13.2 Å². The summed E-state index contributed by atoms with van der Waals surface area (Å²) in [7, 11) is -0.395. The third-order valence-corrected chi connectivity index (χ3v) is 6.66. The maximum absolute atomic E-state index is 12.2. The number of hydrogen-bond donors (Lipinski definition) is 1. The Morgan fingerprint density at radius 3 is 2.55 bits per heavy atom. The third-order valence-electron chi connectivity index (χ3n) is 3.48. The first-order chi connectivity index (χ1) is 10.0. The standard InChI is InChI=1S/C14H29N3O3S2/c1-14(2,3)21-10-8-15-13(18)12-7-6-9-17(11-12)22(19,20)16(4)5/h12H,6-11H2,1-5H3,(H,15,18)/t12-/m1/s1. The third kappa shape index (κ3) is 6.06. The van der Waals surface area contributed by atoms with Crippen molar-refractivity contribution in [2.75, 3.05) is 39.5 Å². The van der Waals surface area contributed by atoms with E-state index < -0.39 is 10.2 Å². The number of rotatable bonds is 6. The van der Waals surface area contributed by atoms with Crippen LogP contribution in [0.3, 0.4) is 0 Å². The van der Waals surface area contributed by atoms with Crippen LogP contribution in [0.4, 0.5) is 0 Å². The zero-order valence-corrected chi connectivity index (χ0v) is 15.9. The smallest absolute Gasteiger partial charge is 0.281 e. The van der Waals surface area contributed by atoms with Gasteiger partial charge in [-0.1, -0.05) is 20.8 Å². The van der Waals surface area contributed by atoms with E-state index in [0.717, 1.165) is 18.6 Å². The van der Waals surface area contributed by atoms with Crippen LogP contribution in [0.25, 0.3) is 0 Å². The lowest BCUT2D eigenvalue weighted by Gasteiger charge is -2.32. The average molecular weight is 352 g/mol. The summed E-state index contributed by atoms with van der Waals surface area (Å²) >= 11 is 1.80. The lowest BCUT2D eigenvalue weighted by molar-refractivity contribution is -0.125. The summed E-state index contributed by atoms with van der Waals surface area (Å²) in [6.45, 7) is 7.82. The molecule has 22 heavy (non-hydrogen) atoms. The Labute approximate surface area is 139 Å². The highest BCUT2D eigenvalue weighted by Gasteiger charge is 2.33. The summed E-state index contributed by atoms with van der Waals surface area (Å²) in [6, 6.07) is 0. The van der Waals surface area contributed by atoms with Crippen molar-refractivity contribution in [2.45, 2.75) is 38.4 Å². The fraction of sp³-hybridized carbons (Fsp3) is 0.929. The summed E-state index contributed by atoms with van der Waals surface area (Å²) in [4.78, 5) is 12.2. The number of nitrogens with zero attached hydrogens (tertiary/aromatic N) is 2. The van der Waals surface area contributed by atoms with Crippen LogP contribution in [0.1, 0.15) is 33.6 Å². The Bertz CT molecular complexity index is 472. The zero-order valence-electron chi connectivity index (χ0n) is 14.3. The van der Waals surface area contributed by atoms with Gasteiger partial charge >= 0.3 is 0 Å². The highest BCUT2D eigenvalue weighted by Crippen LogP contribution is 2.23. The van der Waals surface area contributed by atoms with Gasteiger partial charge in [0, 0.05) is 44.2 Å². The van der Waals surface area contributed by atoms with Gasteiger partial charge in [0.1, 0.15) is 0 Å². The van der Waals surface area contributed by atoms with Crippen LogP contribution >= 0.6 is 11.8 Å². The molecular formula is C14H29N3O3S2. The second kappa shape index (κ2) is 7.99. The van der Waals surface area contributed by atoms with Crippen LogP contribution in [0, 0.1) is 5.92 Å². The molecule has 0 saturated carbocycles. The zero-order chi connectivity index (χ0) is 17.0. The van der Waals surface area contributed by atoms with E-state index in [4.69, 9.17) is 0 Å². The SMILES string of the molecule is CN(C)S(=O)(=O)N1CCC[C@@H](C(=O)NCCSC(C)(C)C)C1. The molecule has 1 heterocycles. The molecule has 0 spiro atoms. The summed E-state index contributed by atoms with van der Waals surface area (Å²) in [5.74, 6) is 0.582. The molecule has 0 aromatic heterocycles. The Morgan fingerprint density at radius 2 is 2.00 bits per heavy atom. The number of thioether (sulfide) groups is 1. The Morgan fingerprint density at radius 1 is 1.36 bits per heavy atom. The summed E-state index contributed by atoms with van der Waals surface area (Å²) < 4.78 is 27.1. The molecule has 1 N–H and O–H groups in total. The van der Waals surface area contributed by atoms with Crippen molar-refractivity contribution in [3.8, 4) is 0 Å². The largest absolute Gasteiger partial charge is 0.355 e. The molecule has 1 amide bonds. The van der Waals surface area contributed by atoms with Crippen molar-refractivity contribution < 1.29 is 13.2 Å². The highest BCUT2D eigenvalue weighted by molar-refractivity contribution is 8.00. The number of carbonyl (C=O) groups is 1. The maximum atomic E-state index is 12.2. The molecule has 130 valence electrons. The van der Waals surface area contributed by atoms with Crippen molar-refractivity contribution >= 4 is 27.9 Å². The fourth-order valence-electron chi connectivity index (χ4n) is 2.27. The minimum absolute atomic E-state index is 0.0341. The molecular weight excluding hydrogens is 322 g/mol. The first-order valence-electron chi connectivity index (χ1n) is 7.63. The first kappa shape index (κ1) is 19.7. The van der Waals surface area contributed by atoms with E-state index in [1.54, 1.807) is 11.8 Å². The fourth-order valence-corrected chi connectivity index (χ4v) is 4.28. The van der Waals surface area contributed by atoms with Gasteiger partial charge in [0.15, 0.2) is 0 Å². The Hall–Kier alpha value is -0.310. The van der Waals surface area contributed by atoms with Gasteiger partial charge in [-0.2, -0.15) is 28.8 Å². The molecule has 0 aliphatic carbocycles. The molecule has 1 atom stereocenters. The predicted molar refractivity (Wildman–Crippen MR) is 92.1 cm³/mol. The minimum atomic E-state index is -3.43. The number of carbonyl (C=O) groups excluding carboxylic acids is 1. The van der Waals surface area contributed by atoms with Gasteiger partial charge in [0.05, 0.1) is 5.92 Å². The average Bonchev–Trinajstić information content (AvgIpc) is 2.42. The highest BCUT2D eigenvalue weighted by atomic mass is 32.2. The van der Waals surface area contributed by atoms with Crippen LogP contribution in [0.15, 0.2) is 0 Å². The van der Waals surface area contributed by atoms with Gasteiger partial charge < -0.3 is 5.32 Å². The minimum Gasteiger partial charge on any atom is -0.355 e. The predicted octanol–water partition coefficient (Wildman–Crippen LogP) is 1.15. The Kier molecular flexibility index (Phi) is 7.17. The Balaban J connectivity index is 2.46. The van der Waals surface area contributed by atoms with E-state index in [1.165, 1.54) is 22.7 Å². The van der Waals surface area contributed by atoms with Crippen LogP contribution < -0.4 is 5.32 Å². The molecule has 1 fully saturated rings.